The van der Waals surface area contributed by atoms with Gasteiger partial charge < -0.3 is 15.5 Å². The van der Waals surface area contributed by atoms with Crippen molar-refractivity contribution in [1.82, 2.24) is 5.32 Å². The van der Waals surface area contributed by atoms with E-state index in [2.05, 4.69) is 55.6 Å². The molecule has 54 heavy (non-hydrogen) atoms. The first kappa shape index (κ1) is 52.3. The van der Waals surface area contributed by atoms with Gasteiger partial charge in [-0.3, -0.25) is 4.79 Å². The predicted octanol–water partition coefficient (Wildman–Crippen LogP) is 15.1. The second-order valence-electron chi connectivity index (χ2n) is 16.1. The summed E-state index contributed by atoms with van der Waals surface area (Å²) in [5.41, 5.74) is 0. The fourth-order valence-corrected chi connectivity index (χ4v) is 7.19. The van der Waals surface area contributed by atoms with E-state index in [1.807, 2.05) is 6.08 Å². The van der Waals surface area contributed by atoms with E-state index in [4.69, 9.17) is 0 Å². The highest BCUT2D eigenvalue weighted by atomic mass is 16.3. The van der Waals surface area contributed by atoms with Crippen molar-refractivity contribution in [2.24, 2.45) is 0 Å². The van der Waals surface area contributed by atoms with Gasteiger partial charge in [-0.05, 0) is 51.4 Å². The van der Waals surface area contributed by atoms with E-state index in [0.29, 0.717) is 6.42 Å². The van der Waals surface area contributed by atoms with Gasteiger partial charge in [0.15, 0.2) is 0 Å². The number of rotatable bonds is 43. The van der Waals surface area contributed by atoms with Gasteiger partial charge in [0.2, 0.25) is 5.91 Å². The first-order valence-corrected chi connectivity index (χ1v) is 23.9. The van der Waals surface area contributed by atoms with Crippen LogP contribution in [0.25, 0.3) is 0 Å². The summed E-state index contributed by atoms with van der Waals surface area (Å²) >= 11 is 0. The maximum absolute atomic E-state index is 12.3. The van der Waals surface area contributed by atoms with Crippen LogP contribution in [-0.4, -0.2) is 34.9 Å². The quantitative estimate of drug-likeness (QED) is 0.0429. The van der Waals surface area contributed by atoms with Crippen molar-refractivity contribution in [3.8, 4) is 0 Å². The molecule has 3 N–H and O–H groups in total. The zero-order valence-electron chi connectivity index (χ0n) is 36.2. The van der Waals surface area contributed by atoms with Gasteiger partial charge in [-0.15, -0.1) is 0 Å². The van der Waals surface area contributed by atoms with E-state index >= 15 is 0 Å². The van der Waals surface area contributed by atoms with Crippen molar-refractivity contribution < 1.29 is 15.0 Å². The lowest BCUT2D eigenvalue weighted by molar-refractivity contribution is -0.123. The minimum atomic E-state index is -0.852. The number of amides is 1. The Kier molecular flexibility index (Phi) is 44.3. The van der Waals surface area contributed by atoms with Gasteiger partial charge in [-0.1, -0.05) is 236 Å². The average Bonchev–Trinajstić information content (AvgIpc) is 3.18. The third kappa shape index (κ3) is 41.5. The number of allylic oxidation sites excluding steroid dienone is 7. The van der Waals surface area contributed by atoms with Crippen molar-refractivity contribution in [3.05, 3.63) is 48.6 Å². The van der Waals surface area contributed by atoms with Crippen LogP contribution in [0.3, 0.4) is 0 Å². The van der Waals surface area contributed by atoms with Gasteiger partial charge in [0.05, 0.1) is 18.8 Å². The molecule has 2 atom stereocenters. The van der Waals surface area contributed by atoms with Crippen LogP contribution in [0.2, 0.25) is 0 Å². The van der Waals surface area contributed by atoms with E-state index in [-0.39, 0.29) is 12.5 Å². The van der Waals surface area contributed by atoms with E-state index in [1.54, 1.807) is 6.08 Å². The molecule has 0 aromatic heterocycles. The molecule has 4 heteroatoms. The van der Waals surface area contributed by atoms with Gasteiger partial charge >= 0.3 is 0 Å². The lowest BCUT2D eigenvalue weighted by Gasteiger charge is -2.19. The topological polar surface area (TPSA) is 69.6 Å². The molecule has 0 aliphatic carbocycles. The molecule has 2 unspecified atom stereocenters. The van der Waals surface area contributed by atoms with E-state index in [0.717, 1.165) is 57.8 Å². The Labute approximate surface area is 337 Å². The number of hydrogen-bond acceptors (Lipinski definition) is 3. The lowest BCUT2D eigenvalue weighted by atomic mass is 10.0. The standard InChI is InChI=1S/C50H93NO3/c1-3-5-7-9-11-13-15-17-18-19-20-21-22-23-24-25-26-27-28-29-30-31-32-34-35-37-39-41-43-45-49(53)48(47-52)51-50(54)46-44-42-40-38-36-33-16-14-12-10-8-6-4-2/h6,8,12,14,33,36,43,45,48-49,52-53H,3-5,7,9-11,13,15-32,34-35,37-42,44,46-47H2,1-2H3,(H,51,54)/b8-6-,14-12-,36-33-,45-43+. The van der Waals surface area contributed by atoms with Crippen LogP contribution in [0.15, 0.2) is 48.6 Å². The molecule has 0 aromatic carbocycles. The molecule has 0 spiro atoms. The summed E-state index contributed by atoms with van der Waals surface area (Å²) in [6.45, 7) is 4.19. The summed E-state index contributed by atoms with van der Waals surface area (Å²) in [5, 5.41) is 23.0. The second-order valence-corrected chi connectivity index (χ2v) is 16.1. The zero-order valence-corrected chi connectivity index (χ0v) is 36.2. The minimum Gasteiger partial charge on any atom is -0.394 e. The Balaban J connectivity index is 3.49. The minimum absolute atomic E-state index is 0.0927. The number of nitrogens with one attached hydrogen (secondary N) is 1. The molecule has 0 radical (unpaired) electrons. The molecule has 0 bridgehead atoms. The van der Waals surface area contributed by atoms with Gasteiger partial charge in [0.1, 0.15) is 0 Å². The maximum Gasteiger partial charge on any atom is 0.220 e. The third-order valence-corrected chi connectivity index (χ3v) is 10.8. The first-order valence-electron chi connectivity index (χ1n) is 23.9. The molecule has 0 rings (SSSR count). The van der Waals surface area contributed by atoms with Gasteiger partial charge in [-0.2, -0.15) is 0 Å². The Morgan fingerprint density at radius 1 is 0.463 bits per heavy atom. The fraction of sp³-hybridized carbons (Fsp3) is 0.820. The van der Waals surface area contributed by atoms with Crippen LogP contribution in [0.5, 0.6) is 0 Å². The summed E-state index contributed by atoms with van der Waals surface area (Å²) in [6, 6.07) is -0.638. The summed E-state index contributed by atoms with van der Waals surface area (Å²) in [7, 11) is 0. The summed E-state index contributed by atoms with van der Waals surface area (Å²) in [6.07, 6.45) is 62.5. The highest BCUT2D eigenvalue weighted by molar-refractivity contribution is 5.76. The summed E-state index contributed by atoms with van der Waals surface area (Å²) in [4.78, 5) is 12.3. The van der Waals surface area contributed by atoms with Crippen LogP contribution in [0.1, 0.15) is 245 Å². The Morgan fingerprint density at radius 3 is 1.22 bits per heavy atom. The first-order chi connectivity index (χ1) is 26.7. The van der Waals surface area contributed by atoms with Crippen molar-refractivity contribution in [3.63, 3.8) is 0 Å². The maximum atomic E-state index is 12.3. The van der Waals surface area contributed by atoms with Crippen LogP contribution >= 0.6 is 0 Å². The van der Waals surface area contributed by atoms with E-state index < -0.39 is 12.1 Å². The van der Waals surface area contributed by atoms with Crippen LogP contribution in [0.4, 0.5) is 0 Å². The fourth-order valence-electron chi connectivity index (χ4n) is 7.19. The molecule has 316 valence electrons. The molecule has 0 aliphatic heterocycles. The van der Waals surface area contributed by atoms with Crippen molar-refractivity contribution in [2.75, 3.05) is 6.61 Å². The molecule has 4 nitrogen and oxygen atoms in total. The molecule has 0 aromatic rings. The van der Waals surface area contributed by atoms with Gasteiger partial charge in [-0.25, -0.2) is 0 Å². The molecular weight excluding hydrogens is 663 g/mol. The summed E-state index contributed by atoms with van der Waals surface area (Å²) < 4.78 is 0. The lowest BCUT2D eigenvalue weighted by Crippen LogP contribution is -2.45. The number of aliphatic hydroxyl groups is 2. The second kappa shape index (κ2) is 45.7. The largest absolute Gasteiger partial charge is 0.394 e. The Morgan fingerprint density at radius 2 is 0.815 bits per heavy atom. The van der Waals surface area contributed by atoms with Crippen molar-refractivity contribution in [1.29, 1.82) is 0 Å². The van der Waals surface area contributed by atoms with Crippen molar-refractivity contribution >= 4 is 5.91 Å². The third-order valence-electron chi connectivity index (χ3n) is 10.8. The van der Waals surface area contributed by atoms with E-state index in [1.165, 1.54) is 167 Å². The molecule has 0 heterocycles. The molecular formula is C50H93NO3. The Bertz CT molecular complexity index is 862. The molecule has 0 fully saturated rings. The number of unbranched alkanes of at least 4 members (excludes halogenated alkanes) is 30. The SMILES string of the molecule is CC/C=C\C/C=C\C/C=C\CCCCCC(=O)NC(CO)C(O)/C=C/CCCCCCCCCCCCCCCCCCCCCCCCCCCCC. The van der Waals surface area contributed by atoms with Gasteiger partial charge in [0, 0.05) is 6.42 Å². The van der Waals surface area contributed by atoms with E-state index in [9.17, 15) is 15.0 Å². The number of carbonyl (C=O) groups is 1. The van der Waals surface area contributed by atoms with Crippen LogP contribution in [0, 0.1) is 0 Å². The highest BCUT2D eigenvalue weighted by Crippen LogP contribution is 2.16. The predicted molar refractivity (Wildman–Crippen MR) is 239 cm³/mol. The van der Waals surface area contributed by atoms with Crippen LogP contribution < -0.4 is 5.32 Å². The number of carbonyl (C=O) groups excluding carboxylic acids is 1. The molecule has 1 amide bonds. The van der Waals surface area contributed by atoms with Crippen molar-refractivity contribution in [2.45, 2.75) is 257 Å². The molecule has 0 saturated carbocycles. The smallest absolute Gasteiger partial charge is 0.220 e. The molecule has 0 aliphatic rings. The number of aliphatic hydroxyl groups excluding tert-OH is 2. The highest BCUT2D eigenvalue weighted by Gasteiger charge is 2.17. The normalized spacial score (nSPS) is 13.3. The molecule has 0 saturated heterocycles. The average molecular weight is 756 g/mol. The zero-order chi connectivity index (χ0) is 39.3. The summed E-state index contributed by atoms with van der Waals surface area (Å²) in [5.74, 6) is -0.0927. The Hall–Kier alpha value is -1.65. The van der Waals surface area contributed by atoms with Gasteiger partial charge in [0.25, 0.3) is 0 Å². The monoisotopic (exact) mass is 756 g/mol. The van der Waals surface area contributed by atoms with Crippen LogP contribution in [-0.2, 0) is 4.79 Å². The number of hydrogen-bond donors (Lipinski definition) is 3.